The first-order valence-corrected chi connectivity index (χ1v) is 9.49. The maximum atomic E-state index is 12.2. The van der Waals surface area contributed by atoms with Gasteiger partial charge in [-0.25, -0.2) is 13.2 Å². The fourth-order valence-electron chi connectivity index (χ4n) is 1.71. The number of halogens is 1. The van der Waals surface area contributed by atoms with Crippen LogP contribution in [-0.2, 0) is 19.4 Å². The zero-order chi connectivity index (χ0) is 16.8. The number of sulfone groups is 1. The average Bonchev–Trinajstić information content (AvgIpc) is 2.42. The molecule has 0 aliphatic rings. The maximum Gasteiger partial charge on any atom is 0.328 e. The number of rotatable bonds is 7. The van der Waals surface area contributed by atoms with E-state index in [-0.39, 0.29) is 18.8 Å². The molecule has 0 spiro atoms. The van der Waals surface area contributed by atoms with E-state index in [9.17, 15) is 18.0 Å². The third kappa shape index (κ3) is 6.15. The first kappa shape index (κ1) is 18.6. The Labute approximate surface area is 138 Å². The topological polar surface area (TPSA) is 89.5 Å². The van der Waals surface area contributed by atoms with Crippen LogP contribution in [0.3, 0.4) is 0 Å². The Kier molecular flexibility index (Phi) is 7.02. The molecule has 22 heavy (non-hydrogen) atoms. The van der Waals surface area contributed by atoms with Gasteiger partial charge in [0, 0.05) is 10.7 Å². The lowest BCUT2D eigenvalue weighted by Gasteiger charge is -2.17. The van der Waals surface area contributed by atoms with Gasteiger partial charge in [-0.05, 0) is 41.4 Å². The van der Waals surface area contributed by atoms with Gasteiger partial charge in [0.1, 0.15) is 15.9 Å². The molecule has 1 N–H and O–H groups in total. The molecule has 1 aromatic carbocycles. The van der Waals surface area contributed by atoms with E-state index in [2.05, 4.69) is 21.2 Å². The predicted molar refractivity (Wildman–Crippen MR) is 86.4 cm³/mol. The number of carbonyl (C=O) groups excluding carboxylic acids is 2. The molecule has 1 aromatic rings. The summed E-state index contributed by atoms with van der Waals surface area (Å²) < 4.78 is 28.0. The highest BCUT2D eigenvalue weighted by Gasteiger charge is 2.24. The monoisotopic (exact) mass is 391 g/mol. The van der Waals surface area contributed by atoms with Crippen LogP contribution in [0.4, 0.5) is 0 Å². The molecule has 0 saturated carbocycles. The van der Waals surface area contributed by atoms with Gasteiger partial charge >= 0.3 is 5.97 Å². The predicted octanol–water partition coefficient (Wildman–Crippen LogP) is 1.55. The van der Waals surface area contributed by atoms with E-state index in [4.69, 9.17) is 4.74 Å². The van der Waals surface area contributed by atoms with Crippen LogP contribution >= 0.6 is 15.9 Å². The Bertz CT molecular complexity index is 644. The van der Waals surface area contributed by atoms with E-state index >= 15 is 0 Å². The zero-order valence-corrected chi connectivity index (χ0v) is 14.7. The second-order valence-electron chi connectivity index (χ2n) is 4.68. The molecule has 0 aliphatic carbocycles. The molecule has 0 fully saturated rings. The largest absolute Gasteiger partial charge is 0.464 e. The maximum absolute atomic E-state index is 12.2. The molecule has 0 aliphatic heterocycles. The minimum Gasteiger partial charge on any atom is -0.464 e. The van der Waals surface area contributed by atoms with Gasteiger partial charge in [0.05, 0.1) is 17.9 Å². The second kappa shape index (κ2) is 8.28. The molecule has 0 bridgehead atoms. The van der Waals surface area contributed by atoms with Crippen molar-refractivity contribution in [2.75, 3.05) is 18.6 Å². The van der Waals surface area contributed by atoms with Gasteiger partial charge in [0.15, 0.2) is 0 Å². The first-order chi connectivity index (χ1) is 10.2. The van der Waals surface area contributed by atoms with Crippen LogP contribution in [0, 0.1) is 0 Å². The van der Waals surface area contributed by atoms with E-state index in [0.717, 1.165) is 6.26 Å². The van der Waals surface area contributed by atoms with Crippen molar-refractivity contribution in [2.45, 2.75) is 19.4 Å². The zero-order valence-electron chi connectivity index (χ0n) is 12.3. The SMILES string of the molecule is CCOC(=O)[C@@H](CCS(C)(=O)=O)NC(=O)c1ccccc1Br. The van der Waals surface area contributed by atoms with Crippen LogP contribution in [0.2, 0.25) is 0 Å². The lowest BCUT2D eigenvalue weighted by atomic mass is 10.1. The summed E-state index contributed by atoms with van der Waals surface area (Å²) in [5.74, 6) is -1.34. The molecule has 8 heteroatoms. The molecule has 1 amide bonds. The number of esters is 1. The van der Waals surface area contributed by atoms with Crippen LogP contribution in [-0.4, -0.2) is 45.0 Å². The summed E-state index contributed by atoms with van der Waals surface area (Å²) in [6.45, 7) is 1.79. The van der Waals surface area contributed by atoms with Crippen LogP contribution in [0.25, 0.3) is 0 Å². The fourth-order valence-corrected chi connectivity index (χ4v) is 2.83. The van der Waals surface area contributed by atoms with Gasteiger partial charge in [0.25, 0.3) is 5.91 Å². The third-order valence-electron chi connectivity index (χ3n) is 2.77. The summed E-state index contributed by atoms with van der Waals surface area (Å²) >= 11 is 3.25. The number of benzene rings is 1. The van der Waals surface area contributed by atoms with E-state index in [1.165, 1.54) is 0 Å². The number of hydrogen-bond donors (Lipinski definition) is 1. The molecule has 1 atom stereocenters. The van der Waals surface area contributed by atoms with Crippen molar-refractivity contribution in [1.82, 2.24) is 5.32 Å². The Morgan fingerprint density at radius 1 is 1.32 bits per heavy atom. The van der Waals surface area contributed by atoms with E-state index < -0.39 is 27.8 Å². The fraction of sp³-hybridized carbons (Fsp3) is 0.429. The highest BCUT2D eigenvalue weighted by molar-refractivity contribution is 9.10. The Balaban J connectivity index is 2.85. The van der Waals surface area contributed by atoms with Crippen LogP contribution in [0.1, 0.15) is 23.7 Å². The van der Waals surface area contributed by atoms with Crippen molar-refractivity contribution < 1.29 is 22.7 Å². The Hall–Kier alpha value is -1.41. The lowest BCUT2D eigenvalue weighted by molar-refractivity contribution is -0.145. The van der Waals surface area contributed by atoms with Gasteiger partial charge in [0.2, 0.25) is 0 Å². The number of nitrogens with one attached hydrogen (secondary N) is 1. The molecule has 0 radical (unpaired) electrons. The summed E-state index contributed by atoms with van der Waals surface area (Å²) in [5, 5.41) is 2.52. The Morgan fingerprint density at radius 2 is 1.95 bits per heavy atom. The third-order valence-corrected chi connectivity index (χ3v) is 4.44. The van der Waals surface area contributed by atoms with Crippen molar-refractivity contribution >= 4 is 37.6 Å². The van der Waals surface area contributed by atoms with Gasteiger partial charge in [-0.15, -0.1) is 0 Å². The van der Waals surface area contributed by atoms with E-state index in [1.807, 2.05) is 0 Å². The van der Waals surface area contributed by atoms with E-state index in [0.29, 0.717) is 10.0 Å². The van der Waals surface area contributed by atoms with Crippen molar-refractivity contribution in [3.8, 4) is 0 Å². The summed E-state index contributed by atoms with van der Waals surface area (Å²) in [6.07, 6.45) is 1.04. The van der Waals surface area contributed by atoms with Crippen molar-refractivity contribution in [3.63, 3.8) is 0 Å². The van der Waals surface area contributed by atoms with Gasteiger partial charge in [-0.1, -0.05) is 12.1 Å². The molecule has 0 saturated heterocycles. The van der Waals surface area contributed by atoms with Crippen LogP contribution in [0.15, 0.2) is 28.7 Å². The molecule has 0 unspecified atom stereocenters. The standard InChI is InChI=1S/C14H18BrNO5S/c1-3-21-14(18)12(8-9-22(2,19)20)16-13(17)10-6-4-5-7-11(10)15/h4-7,12H,3,8-9H2,1-2H3,(H,16,17)/t12-/m1/s1. The van der Waals surface area contributed by atoms with Crippen molar-refractivity contribution in [1.29, 1.82) is 0 Å². The normalized spacial score (nSPS) is 12.5. The summed E-state index contributed by atoms with van der Waals surface area (Å²) in [6, 6.07) is 5.74. The number of carbonyl (C=O) groups is 2. The van der Waals surface area contributed by atoms with Crippen LogP contribution in [0.5, 0.6) is 0 Å². The molecular weight excluding hydrogens is 374 g/mol. The molecule has 0 aromatic heterocycles. The van der Waals surface area contributed by atoms with Crippen molar-refractivity contribution in [3.05, 3.63) is 34.3 Å². The highest BCUT2D eigenvalue weighted by atomic mass is 79.9. The minimum atomic E-state index is -3.24. The van der Waals surface area contributed by atoms with E-state index in [1.54, 1.807) is 31.2 Å². The number of amides is 1. The minimum absolute atomic E-state index is 0.0339. The lowest BCUT2D eigenvalue weighted by Crippen LogP contribution is -2.43. The Morgan fingerprint density at radius 3 is 2.50 bits per heavy atom. The van der Waals surface area contributed by atoms with Crippen molar-refractivity contribution in [2.24, 2.45) is 0 Å². The molecule has 1 rings (SSSR count). The molecule has 122 valence electrons. The first-order valence-electron chi connectivity index (χ1n) is 6.64. The molecular formula is C14H18BrNO5S. The van der Waals surface area contributed by atoms with Gasteiger partial charge < -0.3 is 10.1 Å². The molecule has 6 nitrogen and oxygen atoms in total. The second-order valence-corrected chi connectivity index (χ2v) is 7.79. The average molecular weight is 392 g/mol. The van der Waals surface area contributed by atoms with Gasteiger partial charge in [-0.2, -0.15) is 0 Å². The quantitative estimate of drug-likeness (QED) is 0.712. The molecule has 0 heterocycles. The highest BCUT2D eigenvalue weighted by Crippen LogP contribution is 2.16. The number of hydrogen-bond acceptors (Lipinski definition) is 5. The van der Waals surface area contributed by atoms with Gasteiger partial charge in [-0.3, -0.25) is 4.79 Å². The summed E-state index contributed by atoms with van der Waals surface area (Å²) in [4.78, 5) is 24.1. The van der Waals surface area contributed by atoms with Crippen LogP contribution < -0.4 is 5.32 Å². The summed E-state index contributed by atoms with van der Waals surface area (Å²) in [7, 11) is -3.24. The summed E-state index contributed by atoms with van der Waals surface area (Å²) in [5.41, 5.74) is 0.358. The number of ether oxygens (including phenoxy) is 1. The smallest absolute Gasteiger partial charge is 0.328 e.